The highest BCUT2D eigenvalue weighted by Gasteiger charge is 2.17. The molecular weight excluding hydrogens is 250 g/mol. The normalized spacial score (nSPS) is 11.2. The maximum atomic E-state index is 11.4. The molecule has 0 amide bonds. The van der Waals surface area contributed by atoms with Gasteiger partial charge in [-0.15, -0.1) is 0 Å². The first-order valence-corrected chi connectivity index (χ1v) is 7.36. The van der Waals surface area contributed by atoms with E-state index in [1.165, 1.54) is 11.1 Å². The van der Waals surface area contributed by atoms with E-state index < -0.39 is 5.97 Å². The van der Waals surface area contributed by atoms with Crippen LogP contribution in [0.15, 0.2) is 12.3 Å². The summed E-state index contributed by atoms with van der Waals surface area (Å²) in [6.45, 7) is 9.25. The van der Waals surface area contributed by atoms with Gasteiger partial charge < -0.3 is 9.67 Å². The van der Waals surface area contributed by atoms with Gasteiger partial charge in [0.25, 0.3) is 0 Å². The van der Waals surface area contributed by atoms with Crippen LogP contribution in [0.1, 0.15) is 53.7 Å². The van der Waals surface area contributed by atoms with Gasteiger partial charge in [-0.05, 0) is 49.4 Å². The van der Waals surface area contributed by atoms with Crippen LogP contribution in [-0.4, -0.2) is 15.6 Å². The molecule has 1 aromatic heterocycles. The molecule has 2 rings (SSSR count). The molecule has 0 unspecified atom stereocenters. The van der Waals surface area contributed by atoms with Crippen LogP contribution < -0.4 is 0 Å². The Morgan fingerprint density at radius 2 is 2.00 bits per heavy atom. The van der Waals surface area contributed by atoms with E-state index in [-0.39, 0.29) is 0 Å². The quantitative estimate of drug-likeness (QED) is 0.881. The minimum Gasteiger partial charge on any atom is -0.478 e. The Kier molecular flexibility index (Phi) is 4.17. The predicted octanol–water partition coefficient (Wildman–Crippen LogP) is 4.32. The topological polar surface area (TPSA) is 42.2 Å². The predicted molar refractivity (Wildman–Crippen MR) is 82.7 cm³/mol. The number of fused-ring (bicyclic) bond motifs is 1. The molecule has 0 aliphatic carbocycles. The van der Waals surface area contributed by atoms with Crippen LogP contribution in [0.2, 0.25) is 0 Å². The number of carboxylic acids is 1. The van der Waals surface area contributed by atoms with Crippen molar-refractivity contribution in [3.8, 4) is 0 Å². The van der Waals surface area contributed by atoms with E-state index in [2.05, 4.69) is 24.6 Å². The Bertz CT molecular complexity index is 653. The van der Waals surface area contributed by atoms with Crippen LogP contribution in [0.3, 0.4) is 0 Å². The average molecular weight is 273 g/mol. The van der Waals surface area contributed by atoms with E-state index in [4.69, 9.17) is 0 Å². The third kappa shape index (κ3) is 2.33. The van der Waals surface area contributed by atoms with Gasteiger partial charge >= 0.3 is 5.97 Å². The fraction of sp³-hybridized carbons (Fsp3) is 0.471. The van der Waals surface area contributed by atoms with Crippen LogP contribution in [-0.2, 0) is 13.0 Å². The van der Waals surface area contributed by atoms with Crippen molar-refractivity contribution in [2.24, 2.45) is 0 Å². The zero-order chi connectivity index (χ0) is 14.9. The summed E-state index contributed by atoms with van der Waals surface area (Å²) in [4.78, 5) is 11.4. The Morgan fingerprint density at radius 1 is 1.30 bits per heavy atom. The molecule has 0 fully saturated rings. The number of carbonyl (C=O) groups is 1. The van der Waals surface area contributed by atoms with Crippen LogP contribution in [0, 0.1) is 13.8 Å². The van der Waals surface area contributed by atoms with Gasteiger partial charge in [-0.25, -0.2) is 4.79 Å². The van der Waals surface area contributed by atoms with E-state index in [9.17, 15) is 9.90 Å². The van der Waals surface area contributed by atoms with E-state index in [1.54, 1.807) is 0 Å². The Labute approximate surface area is 120 Å². The molecule has 2 aromatic rings. The summed E-state index contributed by atoms with van der Waals surface area (Å²) >= 11 is 0. The van der Waals surface area contributed by atoms with E-state index in [0.29, 0.717) is 5.56 Å². The average Bonchev–Trinajstić information content (AvgIpc) is 2.79. The SMILES string of the molecule is CCCCn1cc(CC)c2c(C)c(C(=O)O)cc(C)c21. The number of nitrogens with zero attached hydrogens (tertiary/aromatic N) is 1. The van der Waals surface area contributed by atoms with Crippen molar-refractivity contribution in [3.05, 3.63) is 34.5 Å². The highest BCUT2D eigenvalue weighted by molar-refractivity contribution is 5.99. The summed E-state index contributed by atoms with van der Waals surface area (Å²) < 4.78 is 2.30. The van der Waals surface area contributed by atoms with Crippen molar-refractivity contribution in [1.29, 1.82) is 0 Å². The maximum Gasteiger partial charge on any atom is 0.335 e. The summed E-state index contributed by atoms with van der Waals surface area (Å²) in [5.74, 6) is -0.837. The van der Waals surface area contributed by atoms with Gasteiger partial charge in [0.05, 0.1) is 11.1 Å². The second-order valence-electron chi connectivity index (χ2n) is 5.45. The number of carboxylic acid groups (broad SMARTS) is 1. The molecule has 0 aliphatic rings. The minimum atomic E-state index is -0.837. The monoisotopic (exact) mass is 273 g/mol. The van der Waals surface area contributed by atoms with Gasteiger partial charge in [0, 0.05) is 18.1 Å². The van der Waals surface area contributed by atoms with E-state index in [1.807, 2.05) is 19.9 Å². The molecule has 0 aliphatic heterocycles. The van der Waals surface area contributed by atoms with Gasteiger partial charge in [-0.1, -0.05) is 20.3 Å². The molecule has 1 N–H and O–H groups in total. The van der Waals surface area contributed by atoms with Gasteiger partial charge in [-0.2, -0.15) is 0 Å². The molecule has 1 heterocycles. The summed E-state index contributed by atoms with van der Waals surface area (Å²) in [5, 5.41) is 10.5. The van der Waals surface area contributed by atoms with Crippen molar-refractivity contribution in [2.75, 3.05) is 0 Å². The second kappa shape index (κ2) is 5.70. The molecule has 1 aromatic carbocycles. The molecule has 108 valence electrons. The standard InChI is InChI=1S/C17H23NO2/c1-5-7-8-18-10-13(6-2)15-12(4)14(17(19)20)9-11(3)16(15)18/h9-10H,5-8H2,1-4H3,(H,19,20). The van der Waals surface area contributed by atoms with Gasteiger partial charge in [0.15, 0.2) is 0 Å². The zero-order valence-electron chi connectivity index (χ0n) is 12.8. The fourth-order valence-corrected chi connectivity index (χ4v) is 2.98. The summed E-state index contributed by atoms with van der Waals surface area (Å²) in [7, 11) is 0. The molecule has 0 bridgehead atoms. The number of hydrogen-bond donors (Lipinski definition) is 1. The lowest BCUT2D eigenvalue weighted by atomic mass is 9.97. The van der Waals surface area contributed by atoms with Crippen molar-refractivity contribution in [3.63, 3.8) is 0 Å². The maximum absolute atomic E-state index is 11.4. The molecule has 3 heteroatoms. The molecule has 0 saturated heterocycles. The number of aromatic carboxylic acids is 1. The molecule has 3 nitrogen and oxygen atoms in total. The van der Waals surface area contributed by atoms with Crippen LogP contribution in [0.4, 0.5) is 0 Å². The summed E-state index contributed by atoms with van der Waals surface area (Å²) in [6.07, 6.45) is 5.43. The summed E-state index contributed by atoms with van der Waals surface area (Å²) in [6, 6.07) is 1.81. The molecule has 0 saturated carbocycles. The van der Waals surface area contributed by atoms with E-state index in [0.717, 1.165) is 42.3 Å². The third-order valence-corrected chi connectivity index (χ3v) is 4.03. The number of aryl methyl sites for hydroxylation is 4. The number of rotatable bonds is 5. The molecule has 0 atom stereocenters. The molecule has 0 spiro atoms. The molecular formula is C17H23NO2. The first-order valence-electron chi connectivity index (χ1n) is 7.36. The van der Waals surface area contributed by atoms with Crippen LogP contribution in [0.5, 0.6) is 0 Å². The van der Waals surface area contributed by atoms with Crippen molar-refractivity contribution < 1.29 is 9.90 Å². The lowest BCUT2D eigenvalue weighted by Gasteiger charge is -2.10. The number of unbranched alkanes of at least 4 members (excludes halogenated alkanes) is 1. The van der Waals surface area contributed by atoms with Crippen molar-refractivity contribution in [1.82, 2.24) is 4.57 Å². The highest BCUT2D eigenvalue weighted by Crippen LogP contribution is 2.31. The Hall–Kier alpha value is -1.77. The minimum absolute atomic E-state index is 0.429. The molecule has 0 radical (unpaired) electrons. The Balaban J connectivity index is 2.76. The van der Waals surface area contributed by atoms with E-state index >= 15 is 0 Å². The number of benzene rings is 1. The van der Waals surface area contributed by atoms with Crippen LogP contribution in [0.25, 0.3) is 10.9 Å². The number of aromatic nitrogens is 1. The first kappa shape index (κ1) is 14.6. The summed E-state index contributed by atoms with van der Waals surface area (Å²) in [5.41, 5.74) is 4.83. The third-order valence-electron chi connectivity index (χ3n) is 4.03. The van der Waals surface area contributed by atoms with Gasteiger partial charge in [0.2, 0.25) is 0 Å². The van der Waals surface area contributed by atoms with Gasteiger partial charge in [0.1, 0.15) is 0 Å². The number of hydrogen-bond acceptors (Lipinski definition) is 1. The molecule has 20 heavy (non-hydrogen) atoms. The lowest BCUT2D eigenvalue weighted by Crippen LogP contribution is -2.03. The lowest BCUT2D eigenvalue weighted by molar-refractivity contribution is 0.0696. The smallest absolute Gasteiger partial charge is 0.335 e. The zero-order valence-corrected chi connectivity index (χ0v) is 12.8. The van der Waals surface area contributed by atoms with Crippen LogP contribution >= 0.6 is 0 Å². The highest BCUT2D eigenvalue weighted by atomic mass is 16.4. The fourth-order valence-electron chi connectivity index (χ4n) is 2.98. The van der Waals surface area contributed by atoms with Crippen molar-refractivity contribution in [2.45, 2.75) is 53.5 Å². The second-order valence-corrected chi connectivity index (χ2v) is 5.45. The van der Waals surface area contributed by atoms with Gasteiger partial charge in [-0.3, -0.25) is 0 Å². The Morgan fingerprint density at radius 3 is 2.55 bits per heavy atom. The van der Waals surface area contributed by atoms with Crippen molar-refractivity contribution >= 4 is 16.9 Å². The first-order chi connectivity index (χ1) is 9.51. The largest absolute Gasteiger partial charge is 0.478 e.